The van der Waals surface area contributed by atoms with Crippen molar-refractivity contribution in [3.05, 3.63) is 70.5 Å². The summed E-state index contributed by atoms with van der Waals surface area (Å²) in [5, 5.41) is 3.93. The topological polar surface area (TPSA) is 93.7 Å². The lowest BCUT2D eigenvalue weighted by Gasteiger charge is -2.23. The molecule has 1 heterocycles. The average Bonchev–Trinajstić information content (AvgIpc) is 2.83. The Kier molecular flexibility index (Phi) is 9.33. The van der Waals surface area contributed by atoms with Gasteiger partial charge in [-0.05, 0) is 49.7 Å². The van der Waals surface area contributed by atoms with Crippen molar-refractivity contribution >= 4 is 40.9 Å². The number of hydrogen-bond acceptors (Lipinski definition) is 7. The van der Waals surface area contributed by atoms with Gasteiger partial charge in [-0.2, -0.15) is 0 Å². The smallest absolute Gasteiger partial charge is 0.244 e. The standard InChI is InChI=1S/C25H27ClN4O4S/c1-16-11-17(2)28-25(27-16)35-15-24(32)30(13-18-5-7-19(26)8-6-18)14-23(31)29-21-10-9-20(33-3)12-22(21)34-4/h5-12H,13-15H2,1-4H3,(H,29,31). The van der Waals surface area contributed by atoms with Crippen LogP contribution in [0.2, 0.25) is 5.02 Å². The lowest BCUT2D eigenvalue weighted by molar-refractivity contribution is -0.132. The van der Waals surface area contributed by atoms with Crippen LogP contribution in [0.5, 0.6) is 11.5 Å². The molecule has 0 aliphatic heterocycles. The summed E-state index contributed by atoms with van der Waals surface area (Å²) in [6.07, 6.45) is 0. The van der Waals surface area contributed by atoms with Gasteiger partial charge in [0.15, 0.2) is 5.16 Å². The summed E-state index contributed by atoms with van der Waals surface area (Å²) < 4.78 is 10.5. The van der Waals surface area contributed by atoms with Crippen LogP contribution < -0.4 is 14.8 Å². The Labute approximate surface area is 214 Å². The van der Waals surface area contributed by atoms with Crippen LogP contribution in [-0.4, -0.2) is 53.2 Å². The molecule has 0 saturated heterocycles. The van der Waals surface area contributed by atoms with Gasteiger partial charge in [0.05, 0.1) is 25.7 Å². The highest BCUT2D eigenvalue weighted by molar-refractivity contribution is 7.99. The molecule has 2 aromatic carbocycles. The number of aromatic nitrogens is 2. The number of carbonyl (C=O) groups is 2. The van der Waals surface area contributed by atoms with Crippen molar-refractivity contribution in [1.82, 2.24) is 14.9 Å². The van der Waals surface area contributed by atoms with Crippen LogP contribution in [-0.2, 0) is 16.1 Å². The highest BCUT2D eigenvalue weighted by atomic mass is 35.5. The molecular weight excluding hydrogens is 488 g/mol. The van der Waals surface area contributed by atoms with E-state index in [9.17, 15) is 9.59 Å². The van der Waals surface area contributed by atoms with Crippen molar-refractivity contribution in [3.63, 3.8) is 0 Å². The Balaban J connectivity index is 1.73. The molecule has 0 atom stereocenters. The molecule has 3 rings (SSSR count). The number of halogens is 1. The zero-order chi connectivity index (χ0) is 25.4. The number of amides is 2. The first-order valence-electron chi connectivity index (χ1n) is 10.8. The molecule has 2 amide bonds. The largest absolute Gasteiger partial charge is 0.497 e. The first-order chi connectivity index (χ1) is 16.8. The maximum Gasteiger partial charge on any atom is 0.244 e. The summed E-state index contributed by atoms with van der Waals surface area (Å²) in [6.45, 7) is 3.86. The first-order valence-corrected chi connectivity index (χ1v) is 12.1. The van der Waals surface area contributed by atoms with Gasteiger partial charge in [-0.15, -0.1) is 0 Å². The second kappa shape index (κ2) is 12.4. The molecule has 10 heteroatoms. The Bertz CT molecular complexity index is 1170. The minimum Gasteiger partial charge on any atom is -0.497 e. The minimum atomic E-state index is -0.358. The van der Waals surface area contributed by atoms with Gasteiger partial charge in [-0.1, -0.05) is 35.5 Å². The molecule has 0 radical (unpaired) electrons. The number of nitrogens with zero attached hydrogens (tertiary/aromatic N) is 3. The van der Waals surface area contributed by atoms with Gasteiger partial charge < -0.3 is 19.7 Å². The predicted octanol–water partition coefficient (Wildman–Crippen LogP) is 4.52. The van der Waals surface area contributed by atoms with E-state index in [0.29, 0.717) is 27.4 Å². The molecule has 0 spiro atoms. The Morgan fingerprint density at radius 1 is 1.00 bits per heavy atom. The van der Waals surface area contributed by atoms with E-state index in [2.05, 4.69) is 15.3 Å². The van der Waals surface area contributed by atoms with Crippen LogP contribution in [0.4, 0.5) is 5.69 Å². The fraction of sp³-hybridized carbons (Fsp3) is 0.280. The summed E-state index contributed by atoms with van der Waals surface area (Å²) in [5.74, 6) is 0.573. The van der Waals surface area contributed by atoms with Crippen LogP contribution in [0.1, 0.15) is 17.0 Å². The molecule has 0 unspecified atom stereocenters. The summed E-state index contributed by atoms with van der Waals surface area (Å²) in [7, 11) is 3.06. The molecule has 1 aromatic heterocycles. The lowest BCUT2D eigenvalue weighted by atomic mass is 10.2. The zero-order valence-electron chi connectivity index (χ0n) is 20.0. The van der Waals surface area contributed by atoms with Gasteiger partial charge in [-0.25, -0.2) is 9.97 Å². The van der Waals surface area contributed by atoms with Crippen molar-refractivity contribution < 1.29 is 19.1 Å². The summed E-state index contributed by atoms with van der Waals surface area (Å²) in [4.78, 5) is 36.3. The van der Waals surface area contributed by atoms with E-state index in [0.717, 1.165) is 17.0 Å². The van der Waals surface area contributed by atoms with Crippen molar-refractivity contribution in [1.29, 1.82) is 0 Å². The third-order valence-corrected chi connectivity index (χ3v) is 6.03. The van der Waals surface area contributed by atoms with Gasteiger partial charge in [0.2, 0.25) is 11.8 Å². The fourth-order valence-corrected chi connectivity index (χ4v) is 4.26. The molecule has 3 aromatic rings. The van der Waals surface area contributed by atoms with Crippen LogP contribution in [0.3, 0.4) is 0 Å². The first kappa shape index (κ1) is 26.3. The molecule has 8 nitrogen and oxygen atoms in total. The van der Waals surface area contributed by atoms with Crippen molar-refractivity contribution in [2.45, 2.75) is 25.5 Å². The Morgan fingerprint density at radius 2 is 1.69 bits per heavy atom. The van der Waals surface area contributed by atoms with Crippen molar-refractivity contribution in [2.24, 2.45) is 0 Å². The van der Waals surface area contributed by atoms with E-state index in [1.165, 1.54) is 23.8 Å². The number of hydrogen-bond donors (Lipinski definition) is 1. The molecule has 35 heavy (non-hydrogen) atoms. The zero-order valence-corrected chi connectivity index (χ0v) is 21.6. The number of ether oxygens (including phenoxy) is 2. The molecule has 0 fully saturated rings. The Morgan fingerprint density at radius 3 is 2.31 bits per heavy atom. The van der Waals surface area contributed by atoms with Gasteiger partial charge in [0, 0.05) is 29.0 Å². The summed E-state index contributed by atoms with van der Waals surface area (Å²) in [6, 6.07) is 14.1. The maximum atomic E-state index is 13.2. The molecular formula is C25H27ClN4O4S. The van der Waals surface area contributed by atoms with Crippen LogP contribution in [0.15, 0.2) is 53.7 Å². The molecule has 0 aliphatic carbocycles. The quantitative estimate of drug-likeness (QED) is 0.314. The monoisotopic (exact) mass is 514 g/mol. The fourth-order valence-electron chi connectivity index (χ4n) is 3.28. The third-order valence-electron chi connectivity index (χ3n) is 4.94. The predicted molar refractivity (Wildman–Crippen MR) is 137 cm³/mol. The maximum absolute atomic E-state index is 13.2. The normalized spacial score (nSPS) is 10.5. The molecule has 1 N–H and O–H groups in total. The van der Waals surface area contributed by atoms with Gasteiger partial charge in [0.1, 0.15) is 18.0 Å². The van der Waals surface area contributed by atoms with Crippen molar-refractivity contribution in [2.75, 3.05) is 31.8 Å². The second-order valence-corrected chi connectivity index (χ2v) is 9.09. The van der Waals surface area contributed by atoms with Gasteiger partial charge in [-0.3, -0.25) is 9.59 Å². The second-order valence-electron chi connectivity index (χ2n) is 7.71. The van der Waals surface area contributed by atoms with Crippen LogP contribution >= 0.6 is 23.4 Å². The van der Waals surface area contributed by atoms with E-state index >= 15 is 0 Å². The number of benzene rings is 2. The molecule has 184 valence electrons. The third kappa shape index (κ3) is 7.87. The summed E-state index contributed by atoms with van der Waals surface area (Å²) >= 11 is 7.24. The lowest BCUT2D eigenvalue weighted by Crippen LogP contribution is -2.38. The molecule has 0 aliphatic rings. The van der Waals surface area contributed by atoms with E-state index in [1.54, 1.807) is 37.4 Å². The number of rotatable bonds is 10. The van der Waals surface area contributed by atoms with Gasteiger partial charge >= 0.3 is 0 Å². The molecule has 0 bridgehead atoms. The van der Waals surface area contributed by atoms with E-state index in [1.807, 2.05) is 32.0 Å². The van der Waals surface area contributed by atoms with Gasteiger partial charge in [0.25, 0.3) is 0 Å². The van der Waals surface area contributed by atoms with Crippen LogP contribution in [0, 0.1) is 13.8 Å². The summed E-state index contributed by atoms with van der Waals surface area (Å²) in [5.41, 5.74) is 3.00. The van der Waals surface area contributed by atoms with E-state index in [4.69, 9.17) is 21.1 Å². The number of nitrogens with one attached hydrogen (secondary N) is 1. The van der Waals surface area contributed by atoms with E-state index < -0.39 is 0 Å². The average molecular weight is 515 g/mol. The highest BCUT2D eigenvalue weighted by Gasteiger charge is 2.20. The number of thioether (sulfide) groups is 1. The van der Waals surface area contributed by atoms with E-state index in [-0.39, 0.29) is 30.7 Å². The van der Waals surface area contributed by atoms with Crippen molar-refractivity contribution in [3.8, 4) is 11.5 Å². The molecule has 0 saturated carbocycles. The Hall–Kier alpha value is -3.30. The number of aryl methyl sites for hydroxylation is 2. The number of methoxy groups -OCH3 is 2. The SMILES string of the molecule is COc1ccc(NC(=O)CN(Cc2ccc(Cl)cc2)C(=O)CSc2nc(C)cc(C)n2)c(OC)c1. The highest BCUT2D eigenvalue weighted by Crippen LogP contribution is 2.29. The van der Waals surface area contributed by atoms with Crippen LogP contribution in [0.25, 0.3) is 0 Å². The number of anilines is 1. The minimum absolute atomic E-state index is 0.0929. The number of carbonyl (C=O) groups excluding carboxylic acids is 2.